The van der Waals surface area contributed by atoms with E-state index in [0.717, 1.165) is 28.0 Å². The number of carbonyl (C=O) groups excluding carboxylic acids is 2. The van der Waals surface area contributed by atoms with Crippen molar-refractivity contribution in [1.82, 2.24) is 14.5 Å². The second-order valence-corrected chi connectivity index (χ2v) is 11.3. The Kier molecular flexibility index (Phi) is 7.12. The fourth-order valence-corrected chi connectivity index (χ4v) is 5.29. The number of amides is 1. The SMILES string of the molecule is COC(=O)C1CCC(C(=O)Nc2ccc(-n3c(-c4cccnc4N)nc4ccc(C(C)(C)C)cc43)cc2)CC1. The average molecular weight is 526 g/mol. The zero-order valence-corrected chi connectivity index (χ0v) is 22.9. The lowest BCUT2D eigenvalue weighted by atomic mass is 9.81. The molecule has 2 aromatic carbocycles. The molecule has 1 aliphatic rings. The highest BCUT2D eigenvalue weighted by molar-refractivity contribution is 5.93. The van der Waals surface area contributed by atoms with Gasteiger partial charge in [-0.25, -0.2) is 9.97 Å². The number of nitrogens with two attached hydrogens (primary N) is 1. The Labute approximate surface area is 228 Å². The molecule has 2 aromatic heterocycles. The van der Waals surface area contributed by atoms with Crippen molar-refractivity contribution in [2.45, 2.75) is 51.9 Å². The molecule has 202 valence electrons. The molecule has 1 saturated carbocycles. The molecule has 39 heavy (non-hydrogen) atoms. The van der Waals surface area contributed by atoms with Crippen LogP contribution >= 0.6 is 0 Å². The minimum Gasteiger partial charge on any atom is -0.469 e. The van der Waals surface area contributed by atoms with Crippen molar-refractivity contribution < 1.29 is 14.3 Å². The largest absolute Gasteiger partial charge is 0.469 e. The van der Waals surface area contributed by atoms with Crippen LogP contribution in [0.3, 0.4) is 0 Å². The van der Waals surface area contributed by atoms with Crippen LogP contribution in [0.4, 0.5) is 11.5 Å². The molecule has 0 atom stereocenters. The fourth-order valence-electron chi connectivity index (χ4n) is 5.29. The maximum atomic E-state index is 12.9. The quantitative estimate of drug-likeness (QED) is 0.315. The monoisotopic (exact) mass is 525 g/mol. The van der Waals surface area contributed by atoms with Gasteiger partial charge in [0.25, 0.3) is 0 Å². The molecule has 1 aliphatic carbocycles. The number of ether oxygens (including phenoxy) is 1. The minimum absolute atomic E-state index is 0.0159. The van der Waals surface area contributed by atoms with Crippen LogP contribution in [0, 0.1) is 11.8 Å². The molecule has 5 rings (SSSR count). The van der Waals surface area contributed by atoms with Crippen molar-refractivity contribution in [2.24, 2.45) is 11.8 Å². The molecule has 2 heterocycles. The molecule has 0 unspecified atom stereocenters. The number of hydrogen-bond donors (Lipinski definition) is 2. The minimum atomic E-state index is -0.182. The molecule has 3 N–H and O–H groups in total. The number of benzene rings is 2. The second kappa shape index (κ2) is 10.5. The van der Waals surface area contributed by atoms with E-state index in [1.165, 1.54) is 12.7 Å². The lowest BCUT2D eigenvalue weighted by Crippen LogP contribution is -2.30. The van der Waals surface area contributed by atoms with Crippen molar-refractivity contribution in [1.29, 1.82) is 0 Å². The summed E-state index contributed by atoms with van der Waals surface area (Å²) >= 11 is 0. The number of carbonyl (C=O) groups is 2. The van der Waals surface area contributed by atoms with Crippen LogP contribution in [0.25, 0.3) is 28.1 Å². The van der Waals surface area contributed by atoms with Gasteiger partial charge in [-0.1, -0.05) is 26.8 Å². The molecule has 4 aromatic rings. The summed E-state index contributed by atoms with van der Waals surface area (Å²) in [5.74, 6) is 0.706. The van der Waals surface area contributed by atoms with E-state index in [2.05, 4.69) is 47.8 Å². The topological polar surface area (TPSA) is 112 Å². The second-order valence-electron chi connectivity index (χ2n) is 11.3. The number of nitrogen functional groups attached to an aromatic ring is 1. The molecule has 0 bridgehead atoms. The van der Waals surface area contributed by atoms with Crippen LogP contribution in [-0.2, 0) is 19.7 Å². The van der Waals surface area contributed by atoms with Crippen LogP contribution in [0.5, 0.6) is 0 Å². The zero-order chi connectivity index (χ0) is 27.7. The number of anilines is 2. The lowest BCUT2D eigenvalue weighted by Gasteiger charge is -2.26. The number of imidazole rings is 1. The van der Waals surface area contributed by atoms with E-state index in [1.807, 2.05) is 42.5 Å². The Morgan fingerprint density at radius 3 is 2.33 bits per heavy atom. The molecule has 8 nitrogen and oxygen atoms in total. The first-order valence-electron chi connectivity index (χ1n) is 13.4. The van der Waals surface area contributed by atoms with Gasteiger partial charge in [-0.05, 0) is 85.2 Å². The van der Waals surface area contributed by atoms with Gasteiger partial charge in [-0.2, -0.15) is 0 Å². The van der Waals surface area contributed by atoms with Gasteiger partial charge >= 0.3 is 5.97 Å². The number of nitrogens with one attached hydrogen (secondary N) is 1. The molecule has 1 fully saturated rings. The average Bonchev–Trinajstić information content (AvgIpc) is 3.31. The van der Waals surface area contributed by atoms with Crippen molar-refractivity contribution >= 4 is 34.4 Å². The summed E-state index contributed by atoms with van der Waals surface area (Å²) in [7, 11) is 1.41. The van der Waals surface area contributed by atoms with Gasteiger partial charge in [0.05, 0.1) is 29.6 Å². The van der Waals surface area contributed by atoms with Gasteiger partial charge in [0.2, 0.25) is 5.91 Å². The van der Waals surface area contributed by atoms with E-state index < -0.39 is 0 Å². The summed E-state index contributed by atoms with van der Waals surface area (Å²) < 4.78 is 6.95. The molecule has 0 saturated heterocycles. The molecule has 0 aliphatic heterocycles. The van der Waals surface area contributed by atoms with Gasteiger partial charge in [0.1, 0.15) is 11.6 Å². The van der Waals surface area contributed by atoms with Crippen molar-refractivity contribution in [2.75, 3.05) is 18.2 Å². The molecule has 8 heteroatoms. The standard InChI is InChI=1S/C31H35N5O3/c1-31(2,3)21-11-16-25-26(18-21)36(28(35-25)24-6-5-17-33-27(24)32)23-14-12-22(13-15-23)34-29(37)19-7-9-20(10-8-19)30(38)39-4/h5-6,11-20H,7-10H2,1-4H3,(H2,32,33)(H,34,37). The number of fused-ring (bicyclic) bond motifs is 1. The fraction of sp³-hybridized carbons (Fsp3) is 0.355. The summed E-state index contributed by atoms with van der Waals surface area (Å²) in [6, 6.07) is 17.9. The Balaban J connectivity index is 1.45. The van der Waals surface area contributed by atoms with Gasteiger partial charge in [0.15, 0.2) is 0 Å². The Morgan fingerprint density at radius 2 is 1.69 bits per heavy atom. The number of pyridine rings is 1. The first-order valence-corrected chi connectivity index (χ1v) is 13.4. The van der Waals surface area contributed by atoms with Gasteiger partial charge < -0.3 is 15.8 Å². The van der Waals surface area contributed by atoms with Crippen LogP contribution in [0.2, 0.25) is 0 Å². The van der Waals surface area contributed by atoms with Gasteiger partial charge in [0, 0.05) is 23.5 Å². The third kappa shape index (κ3) is 5.37. The summed E-state index contributed by atoms with van der Waals surface area (Å²) in [6.45, 7) is 6.57. The molecule has 0 radical (unpaired) electrons. The highest BCUT2D eigenvalue weighted by Gasteiger charge is 2.30. The van der Waals surface area contributed by atoms with Crippen LogP contribution in [-0.4, -0.2) is 33.5 Å². The Hall–Kier alpha value is -4.20. The maximum absolute atomic E-state index is 12.9. The van der Waals surface area contributed by atoms with E-state index >= 15 is 0 Å². The van der Waals surface area contributed by atoms with Crippen LogP contribution in [0.15, 0.2) is 60.8 Å². The highest BCUT2D eigenvalue weighted by Crippen LogP contribution is 2.34. The highest BCUT2D eigenvalue weighted by atomic mass is 16.5. The van der Waals surface area contributed by atoms with E-state index in [1.54, 1.807) is 6.20 Å². The van der Waals surface area contributed by atoms with E-state index in [4.69, 9.17) is 15.5 Å². The predicted molar refractivity (Wildman–Crippen MR) is 154 cm³/mol. The van der Waals surface area contributed by atoms with Crippen LogP contribution < -0.4 is 11.1 Å². The molecular formula is C31H35N5O3. The van der Waals surface area contributed by atoms with Gasteiger partial charge in [-0.3, -0.25) is 14.2 Å². The maximum Gasteiger partial charge on any atom is 0.308 e. The third-order valence-electron chi connectivity index (χ3n) is 7.63. The van der Waals surface area contributed by atoms with Crippen molar-refractivity contribution in [3.8, 4) is 17.1 Å². The molecular weight excluding hydrogens is 490 g/mol. The van der Waals surface area contributed by atoms with E-state index in [0.29, 0.717) is 37.3 Å². The van der Waals surface area contributed by atoms with Crippen molar-refractivity contribution in [3.63, 3.8) is 0 Å². The summed E-state index contributed by atoms with van der Waals surface area (Å²) in [5, 5.41) is 3.05. The number of nitrogens with zero attached hydrogens (tertiary/aromatic N) is 3. The van der Waals surface area contributed by atoms with E-state index in [9.17, 15) is 9.59 Å². The summed E-state index contributed by atoms with van der Waals surface area (Å²) in [5.41, 5.74) is 11.7. The zero-order valence-electron chi connectivity index (χ0n) is 22.9. The summed E-state index contributed by atoms with van der Waals surface area (Å²) in [4.78, 5) is 34.0. The number of methoxy groups -OCH3 is 1. The normalized spacial score (nSPS) is 17.6. The number of esters is 1. The number of hydrogen-bond acceptors (Lipinski definition) is 6. The predicted octanol–water partition coefficient (Wildman–Crippen LogP) is 5.89. The summed E-state index contributed by atoms with van der Waals surface area (Å²) in [6.07, 6.45) is 4.37. The van der Waals surface area contributed by atoms with E-state index in [-0.39, 0.29) is 29.1 Å². The molecule has 1 amide bonds. The Morgan fingerprint density at radius 1 is 1.00 bits per heavy atom. The third-order valence-corrected chi connectivity index (χ3v) is 7.63. The molecule has 0 spiro atoms. The van der Waals surface area contributed by atoms with Crippen molar-refractivity contribution in [3.05, 3.63) is 66.4 Å². The lowest BCUT2D eigenvalue weighted by molar-refractivity contribution is -0.147. The Bertz CT molecular complexity index is 1510. The first kappa shape index (κ1) is 26.4. The first-order chi connectivity index (χ1) is 18.7. The number of rotatable bonds is 5. The number of aromatic nitrogens is 3. The van der Waals surface area contributed by atoms with Gasteiger partial charge in [-0.15, -0.1) is 0 Å². The van der Waals surface area contributed by atoms with Crippen LogP contribution in [0.1, 0.15) is 52.0 Å². The smallest absolute Gasteiger partial charge is 0.308 e.